The SMILES string of the molecule is COCCCNC(=O)CN1CCN(C(=O)Cc2ccc3c(c2)OCCO3)CC1. The van der Waals surface area contributed by atoms with Crippen LogP contribution in [0.2, 0.25) is 0 Å². The van der Waals surface area contributed by atoms with Crippen molar-refractivity contribution in [1.29, 1.82) is 0 Å². The van der Waals surface area contributed by atoms with Gasteiger partial charge in [0.25, 0.3) is 0 Å². The van der Waals surface area contributed by atoms with Crippen molar-refractivity contribution in [1.82, 2.24) is 15.1 Å². The van der Waals surface area contributed by atoms with E-state index >= 15 is 0 Å². The van der Waals surface area contributed by atoms with Crippen molar-refractivity contribution in [2.24, 2.45) is 0 Å². The number of benzene rings is 1. The van der Waals surface area contributed by atoms with Gasteiger partial charge < -0.3 is 24.4 Å². The lowest BCUT2D eigenvalue weighted by atomic mass is 10.1. The normalized spacial score (nSPS) is 16.7. The molecule has 2 amide bonds. The first kappa shape index (κ1) is 20.4. The van der Waals surface area contributed by atoms with Crippen molar-refractivity contribution in [2.75, 3.05) is 66.2 Å². The van der Waals surface area contributed by atoms with Crippen LogP contribution in [0.25, 0.3) is 0 Å². The first-order chi connectivity index (χ1) is 13.7. The maximum absolute atomic E-state index is 12.6. The molecule has 1 N–H and O–H groups in total. The molecule has 0 unspecified atom stereocenters. The molecule has 1 aromatic rings. The lowest BCUT2D eigenvalue weighted by molar-refractivity contribution is -0.132. The molecule has 1 aromatic carbocycles. The van der Waals surface area contributed by atoms with Gasteiger partial charge in [-0.15, -0.1) is 0 Å². The van der Waals surface area contributed by atoms with Gasteiger partial charge in [-0.25, -0.2) is 0 Å². The van der Waals surface area contributed by atoms with E-state index in [0.29, 0.717) is 71.3 Å². The highest BCUT2D eigenvalue weighted by Crippen LogP contribution is 2.31. The summed E-state index contributed by atoms with van der Waals surface area (Å²) in [7, 11) is 1.65. The van der Waals surface area contributed by atoms with E-state index in [2.05, 4.69) is 10.2 Å². The molecule has 0 spiro atoms. The third-order valence-corrected chi connectivity index (χ3v) is 4.90. The Bertz CT molecular complexity index is 674. The van der Waals surface area contributed by atoms with Gasteiger partial charge in [-0.3, -0.25) is 14.5 Å². The van der Waals surface area contributed by atoms with Crippen molar-refractivity contribution in [2.45, 2.75) is 12.8 Å². The van der Waals surface area contributed by atoms with Gasteiger partial charge in [0.05, 0.1) is 13.0 Å². The van der Waals surface area contributed by atoms with Gasteiger partial charge in [0.15, 0.2) is 11.5 Å². The van der Waals surface area contributed by atoms with Crippen molar-refractivity contribution in [3.8, 4) is 11.5 Å². The van der Waals surface area contributed by atoms with Crippen molar-refractivity contribution in [3.63, 3.8) is 0 Å². The minimum atomic E-state index is 0.0205. The van der Waals surface area contributed by atoms with Crippen LogP contribution in [0.5, 0.6) is 11.5 Å². The molecule has 154 valence electrons. The fourth-order valence-corrected chi connectivity index (χ4v) is 3.34. The average Bonchev–Trinajstić information content (AvgIpc) is 2.71. The maximum atomic E-state index is 12.6. The molecule has 0 aliphatic carbocycles. The summed E-state index contributed by atoms with van der Waals surface area (Å²) >= 11 is 0. The number of hydrogen-bond donors (Lipinski definition) is 1. The second kappa shape index (κ2) is 10.3. The first-order valence-corrected chi connectivity index (χ1v) is 9.80. The lowest BCUT2D eigenvalue weighted by Crippen LogP contribution is -2.51. The van der Waals surface area contributed by atoms with Crippen LogP contribution in [0.1, 0.15) is 12.0 Å². The number of methoxy groups -OCH3 is 1. The summed E-state index contributed by atoms with van der Waals surface area (Å²) in [6, 6.07) is 5.66. The monoisotopic (exact) mass is 391 g/mol. The number of nitrogens with one attached hydrogen (secondary N) is 1. The third-order valence-electron chi connectivity index (χ3n) is 4.90. The Kier molecular flexibility index (Phi) is 7.50. The van der Waals surface area contributed by atoms with Gasteiger partial charge in [-0.1, -0.05) is 6.07 Å². The summed E-state index contributed by atoms with van der Waals surface area (Å²) in [6.45, 7) is 5.42. The standard InChI is InChI=1S/C20H29N3O5/c1-26-10-2-5-21-19(24)15-22-6-8-23(9-7-22)20(25)14-16-3-4-17-18(13-16)28-12-11-27-17/h3-4,13H,2,5-12,14-15H2,1H3,(H,21,24). The van der Waals surface area contributed by atoms with E-state index in [9.17, 15) is 9.59 Å². The molecule has 0 atom stereocenters. The van der Waals surface area contributed by atoms with E-state index in [0.717, 1.165) is 17.7 Å². The fraction of sp³-hybridized carbons (Fsp3) is 0.600. The molecule has 8 nitrogen and oxygen atoms in total. The van der Waals surface area contributed by atoms with Gasteiger partial charge in [-0.05, 0) is 24.1 Å². The highest BCUT2D eigenvalue weighted by atomic mass is 16.6. The Morgan fingerprint density at radius 2 is 1.86 bits per heavy atom. The van der Waals surface area contributed by atoms with E-state index in [4.69, 9.17) is 14.2 Å². The average molecular weight is 391 g/mol. The topological polar surface area (TPSA) is 80.3 Å². The minimum Gasteiger partial charge on any atom is -0.486 e. The van der Waals surface area contributed by atoms with Crippen molar-refractivity contribution < 1.29 is 23.8 Å². The molecule has 2 aliphatic rings. The molecule has 8 heteroatoms. The molecule has 1 saturated heterocycles. The molecule has 1 fully saturated rings. The summed E-state index contributed by atoms with van der Waals surface area (Å²) in [4.78, 5) is 28.5. The molecule has 0 saturated carbocycles. The van der Waals surface area contributed by atoms with Crippen LogP contribution in [-0.4, -0.2) is 87.8 Å². The number of carbonyl (C=O) groups excluding carboxylic acids is 2. The van der Waals surface area contributed by atoms with Crippen LogP contribution < -0.4 is 14.8 Å². The predicted octanol–water partition coefficient (Wildman–Crippen LogP) is 0.297. The van der Waals surface area contributed by atoms with Crippen LogP contribution in [0, 0.1) is 0 Å². The van der Waals surface area contributed by atoms with Gasteiger partial charge in [0.1, 0.15) is 13.2 Å². The van der Waals surface area contributed by atoms with E-state index in [1.807, 2.05) is 23.1 Å². The highest BCUT2D eigenvalue weighted by molar-refractivity contribution is 5.79. The third kappa shape index (κ3) is 5.84. The van der Waals surface area contributed by atoms with E-state index in [1.54, 1.807) is 7.11 Å². The number of ether oxygens (including phenoxy) is 3. The number of rotatable bonds is 8. The molecule has 0 radical (unpaired) electrons. The molecule has 3 rings (SSSR count). The van der Waals surface area contributed by atoms with Gasteiger partial charge in [0.2, 0.25) is 11.8 Å². The fourth-order valence-electron chi connectivity index (χ4n) is 3.34. The van der Waals surface area contributed by atoms with Gasteiger partial charge in [-0.2, -0.15) is 0 Å². The lowest BCUT2D eigenvalue weighted by Gasteiger charge is -2.34. The number of piperazine rings is 1. The molecule has 0 aromatic heterocycles. The van der Waals surface area contributed by atoms with Crippen LogP contribution in [0.4, 0.5) is 0 Å². The quantitative estimate of drug-likeness (QED) is 0.642. The number of amides is 2. The van der Waals surface area contributed by atoms with Crippen LogP contribution in [0.3, 0.4) is 0 Å². The molecule has 2 heterocycles. The summed E-state index contributed by atoms with van der Waals surface area (Å²) in [5, 5.41) is 2.89. The Balaban J connectivity index is 1.39. The zero-order valence-electron chi connectivity index (χ0n) is 16.4. The zero-order valence-corrected chi connectivity index (χ0v) is 16.4. The Labute approximate surface area is 165 Å². The first-order valence-electron chi connectivity index (χ1n) is 9.80. The molecular formula is C20H29N3O5. The Hall–Kier alpha value is -2.32. The van der Waals surface area contributed by atoms with E-state index < -0.39 is 0 Å². The van der Waals surface area contributed by atoms with Gasteiger partial charge >= 0.3 is 0 Å². The van der Waals surface area contributed by atoms with E-state index in [1.165, 1.54) is 0 Å². The zero-order chi connectivity index (χ0) is 19.8. The number of carbonyl (C=O) groups is 2. The minimum absolute atomic E-state index is 0.0205. The Morgan fingerprint density at radius 3 is 2.61 bits per heavy atom. The summed E-state index contributed by atoms with van der Waals surface area (Å²) in [6.07, 6.45) is 1.15. The molecule has 28 heavy (non-hydrogen) atoms. The van der Waals surface area contributed by atoms with E-state index in [-0.39, 0.29) is 11.8 Å². The summed E-state index contributed by atoms with van der Waals surface area (Å²) in [5.41, 5.74) is 0.923. The molecular weight excluding hydrogens is 362 g/mol. The second-order valence-corrected chi connectivity index (χ2v) is 7.01. The van der Waals surface area contributed by atoms with Crippen LogP contribution >= 0.6 is 0 Å². The number of nitrogens with zero attached hydrogens (tertiary/aromatic N) is 2. The maximum Gasteiger partial charge on any atom is 0.234 e. The predicted molar refractivity (Wildman–Crippen MR) is 104 cm³/mol. The Morgan fingerprint density at radius 1 is 1.11 bits per heavy atom. The number of hydrogen-bond acceptors (Lipinski definition) is 6. The van der Waals surface area contributed by atoms with Crippen molar-refractivity contribution >= 4 is 11.8 Å². The second-order valence-electron chi connectivity index (χ2n) is 7.01. The summed E-state index contributed by atoms with van der Waals surface area (Å²) < 4.78 is 16.1. The number of fused-ring (bicyclic) bond motifs is 1. The molecule has 2 aliphatic heterocycles. The smallest absolute Gasteiger partial charge is 0.234 e. The van der Waals surface area contributed by atoms with Crippen LogP contribution in [0.15, 0.2) is 18.2 Å². The summed E-state index contributed by atoms with van der Waals surface area (Å²) in [5.74, 6) is 1.56. The molecule has 0 bridgehead atoms. The van der Waals surface area contributed by atoms with Gasteiger partial charge in [0, 0.05) is 46.4 Å². The largest absolute Gasteiger partial charge is 0.486 e. The van der Waals surface area contributed by atoms with Crippen molar-refractivity contribution in [3.05, 3.63) is 23.8 Å². The highest BCUT2D eigenvalue weighted by Gasteiger charge is 2.23. The van der Waals surface area contributed by atoms with Crippen LogP contribution in [-0.2, 0) is 20.7 Å².